The number of para-hydroxylation sites is 1. The Morgan fingerprint density at radius 3 is 2.21 bits per heavy atom. The first-order chi connectivity index (χ1) is 13.1. The summed E-state index contributed by atoms with van der Waals surface area (Å²) in [5, 5.41) is 5.18. The molecule has 0 saturated carbocycles. The van der Waals surface area contributed by atoms with Gasteiger partial charge in [-0.3, -0.25) is 14.8 Å². The van der Waals surface area contributed by atoms with Gasteiger partial charge in [0.15, 0.2) is 5.13 Å². The predicted molar refractivity (Wildman–Crippen MR) is 112 cm³/mol. The molecule has 146 valence electrons. The van der Waals surface area contributed by atoms with E-state index in [1.807, 2.05) is 5.38 Å². The zero-order valence-electron chi connectivity index (χ0n) is 15.8. The molecule has 8 heteroatoms. The van der Waals surface area contributed by atoms with Crippen LogP contribution in [0.5, 0.6) is 0 Å². The lowest BCUT2D eigenvalue weighted by molar-refractivity contribution is 0.102. The van der Waals surface area contributed by atoms with Gasteiger partial charge in [-0.05, 0) is 36.4 Å². The molecule has 28 heavy (non-hydrogen) atoms. The average molecular weight is 416 g/mol. The first kappa shape index (κ1) is 20.0. The van der Waals surface area contributed by atoms with Crippen molar-refractivity contribution in [1.29, 1.82) is 0 Å². The fourth-order valence-corrected chi connectivity index (χ4v) is 4.34. The number of nitrogens with one attached hydrogen (secondary N) is 2. The van der Waals surface area contributed by atoms with Gasteiger partial charge in [0.25, 0.3) is 15.9 Å². The molecule has 1 heterocycles. The molecule has 0 fully saturated rings. The number of hydrogen-bond donors (Lipinski definition) is 2. The molecule has 0 saturated heterocycles. The van der Waals surface area contributed by atoms with E-state index in [2.05, 4.69) is 35.8 Å². The van der Waals surface area contributed by atoms with Gasteiger partial charge in [0.2, 0.25) is 0 Å². The monoisotopic (exact) mass is 415 g/mol. The van der Waals surface area contributed by atoms with Crippen LogP contribution in [0.25, 0.3) is 0 Å². The number of nitrogens with zero attached hydrogens (tertiary/aromatic N) is 1. The molecule has 0 atom stereocenters. The number of carbonyl (C=O) groups excluding carboxylic acids is 1. The van der Waals surface area contributed by atoms with Crippen LogP contribution in [0.15, 0.2) is 64.9 Å². The number of anilines is 2. The van der Waals surface area contributed by atoms with Gasteiger partial charge < -0.3 is 0 Å². The van der Waals surface area contributed by atoms with Crippen molar-refractivity contribution in [2.24, 2.45) is 0 Å². The Morgan fingerprint density at radius 2 is 1.64 bits per heavy atom. The quantitative estimate of drug-likeness (QED) is 0.642. The molecule has 0 aliphatic rings. The molecule has 6 nitrogen and oxygen atoms in total. The highest BCUT2D eigenvalue weighted by molar-refractivity contribution is 7.92. The van der Waals surface area contributed by atoms with E-state index in [1.165, 1.54) is 35.6 Å². The van der Waals surface area contributed by atoms with Crippen LogP contribution < -0.4 is 10.0 Å². The molecule has 2 aromatic carbocycles. The summed E-state index contributed by atoms with van der Waals surface area (Å²) in [5.74, 6) is -0.338. The molecule has 0 aliphatic heterocycles. The summed E-state index contributed by atoms with van der Waals surface area (Å²) < 4.78 is 27.4. The van der Waals surface area contributed by atoms with Gasteiger partial charge in [0, 0.05) is 22.0 Å². The van der Waals surface area contributed by atoms with Crippen LogP contribution >= 0.6 is 11.3 Å². The molecule has 0 aliphatic carbocycles. The molecule has 2 N–H and O–H groups in total. The van der Waals surface area contributed by atoms with Crippen LogP contribution in [0, 0.1) is 0 Å². The first-order valence-corrected chi connectivity index (χ1v) is 11.0. The highest BCUT2D eigenvalue weighted by Gasteiger charge is 2.19. The normalized spacial score (nSPS) is 11.8. The van der Waals surface area contributed by atoms with E-state index < -0.39 is 10.0 Å². The van der Waals surface area contributed by atoms with Gasteiger partial charge in [-0.2, -0.15) is 0 Å². The van der Waals surface area contributed by atoms with Crippen molar-refractivity contribution in [3.8, 4) is 0 Å². The summed E-state index contributed by atoms with van der Waals surface area (Å²) >= 11 is 1.36. The number of aromatic nitrogens is 1. The lowest BCUT2D eigenvalue weighted by Gasteiger charge is -2.14. The smallest absolute Gasteiger partial charge is 0.261 e. The van der Waals surface area contributed by atoms with Crippen molar-refractivity contribution in [2.75, 3.05) is 10.0 Å². The molecular formula is C20H21N3O3S2. The summed E-state index contributed by atoms with van der Waals surface area (Å²) in [6.07, 6.45) is 0. The van der Waals surface area contributed by atoms with Gasteiger partial charge in [0.1, 0.15) is 0 Å². The Kier molecular flexibility index (Phi) is 5.53. The van der Waals surface area contributed by atoms with E-state index in [9.17, 15) is 13.2 Å². The predicted octanol–water partition coefficient (Wildman–Crippen LogP) is 4.49. The van der Waals surface area contributed by atoms with E-state index in [0.717, 1.165) is 5.69 Å². The van der Waals surface area contributed by atoms with Crippen molar-refractivity contribution in [1.82, 2.24) is 4.98 Å². The van der Waals surface area contributed by atoms with Gasteiger partial charge in [0.05, 0.1) is 10.6 Å². The van der Waals surface area contributed by atoms with Crippen LogP contribution in [0.3, 0.4) is 0 Å². The minimum absolute atomic E-state index is 0.0807. The molecule has 0 spiro atoms. The van der Waals surface area contributed by atoms with Crippen LogP contribution in [0.1, 0.15) is 36.8 Å². The Labute approximate surface area is 168 Å². The minimum Gasteiger partial charge on any atom is -0.298 e. The number of benzene rings is 2. The maximum absolute atomic E-state index is 12.5. The molecule has 3 aromatic rings. The van der Waals surface area contributed by atoms with Crippen LogP contribution in [-0.2, 0) is 15.4 Å². The van der Waals surface area contributed by atoms with Gasteiger partial charge >= 0.3 is 0 Å². The minimum atomic E-state index is -3.72. The van der Waals surface area contributed by atoms with Gasteiger partial charge in [-0.25, -0.2) is 13.4 Å². The van der Waals surface area contributed by atoms with Crippen molar-refractivity contribution in [2.45, 2.75) is 31.1 Å². The third-order valence-corrected chi connectivity index (χ3v) is 6.10. The second kappa shape index (κ2) is 7.73. The number of rotatable bonds is 5. The van der Waals surface area contributed by atoms with Crippen molar-refractivity contribution < 1.29 is 13.2 Å². The number of sulfonamides is 1. The highest BCUT2D eigenvalue weighted by Crippen LogP contribution is 2.26. The third-order valence-electron chi connectivity index (χ3n) is 3.95. The lowest BCUT2D eigenvalue weighted by Crippen LogP contribution is -2.15. The number of hydrogen-bond acceptors (Lipinski definition) is 5. The zero-order chi connectivity index (χ0) is 20.4. The van der Waals surface area contributed by atoms with Crippen molar-refractivity contribution in [3.63, 3.8) is 0 Å². The van der Waals surface area contributed by atoms with Crippen molar-refractivity contribution in [3.05, 3.63) is 71.2 Å². The van der Waals surface area contributed by atoms with Crippen LogP contribution in [-0.4, -0.2) is 19.3 Å². The van der Waals surface area contributed by atoms with Gasteiger partial charge in [-0.15, -0.1) is 11.3 Å². The summed E-state index contributed by atoms with van der Waals surface area (Å²) in [5.41, 5.74) is 1.64. The fourth-order valence-electron chi connectivity index (χ4n) is 2.35. The molecule has 0 bridgehead atoms. The number of carbonyl (C=O) groups is 1. The molecule has 1 aromatic heterocycles. The molecule has 0 radical (unpaired) electrons. The average Bonchev–Trinajstić information content (AvgIpc) is 3.11. The lowest BCUT2D eigenvalue weighted by atomic mass is 9.93. The Bertz CT molecular complexity index is 1070. The van der Waals surface area contributed by atoms with Crippen LogP contribution in [0.2, 0.25) is 0 Å². The summed E-state index contributed by atoms with van der Waals surface area (Å²) in [4.78, 5) is 16.9. The molecule has 3 rings (SSSR count). The molecule has 0 unspecified atom stereocenters. The summed E-state index contributed by atoms with van der Waals surface area (Å²) in [6.45, 7) is 6.16. The highest BCUT2D eigenvalue weighted by atomic mass is 32.2. The topological polar surface area (TPSA) is 88.2 Å². The van der Waals surface area contributed by atoms with Crippen LogP contribution in [0.4, 0.5) is 10.8 Å². The van der Waals surface area contributed by atoms with E-state index >= 15 is 0 Å². The Morgan fingerprint density at radius 1 is 1.00 bits per heavy atom. The third kappa shape index (κ3) is 4.76. The fraction of sp³-hybridized carbons (Fsp3) is 0.200. The second-order valence-electron chi connectivity index (χ2n) is 7.24. The van der Waals surface area contributed by atoms with E-state index in [4.69, 9.17) is 0 Å². The maximum Gasteiger partial charge on any atom is 0.261 e. The van der Waals surface area contributed by atoms with E-state index in [1.54, 1.807) is 30.3 Å². The number of thiazole rings is 1. The largest absolute Gasteiger partial charge is 0.298 e. The number of amides is 1. The summed E-state index contributed by atoms with van der Waals surface area (Å²) in [6, 6.07) is 14.4. The SMILES string of the molecule is CC(C)(C)c1csc(NC(=O)c2ccc(S(=O)(=O)Nc3ccccc3)cc2)n1. The summed E-state index contributed by atoms with van der Waals surface area (Å²) in [7, 11) is -3.72. The molecule has 1 amide bonds. The standard InChI is InChI=1S/C20H21N3O3S2/c1-20(2,3)17-13-27-19(21-17)22-18(24)14-9-11-16(12-10-14)28(25,26)23-15-7-5-4-6-8-15/h4-13,23H,1-3H3,(H,21,22,24). The van der Waals surface area contributed by atoms with E-state index in [0.29, 0.717) is 16.4 Å². The Balaban J connectivity index is 1.71. The van der Waals surface area contributed by atoms with Crippen molar-refractivity contribution >= 4 is 38.1 Å². The zero-order valence-corrected chi connectivity index (χ0v) is 17.4. The van der Waals surface area contributed by atoms with Gasteiger partial charge in [-0.1, -0.05) is 39.0 Å². The first-order valence-electron chi connectivity index (χ1n) is 8.60. The molecular weight excluding hydrogens is 394 g/mol. The van der Waals surface area contributed by atoms with E-state index in [-0.39, 0.29) is 16.2 Å². The Hall–Kier alpha value is -2.71. The maximum atomic E-state index is 12.5. The second-order valence-corrected chi connectivity index (χ2v) is 9.78.